The monoisotopic (exact) mass is 655 g/mol. The van der Waals surface area contributed by atoms with Crippen LogP contribution in [0.15, 0.2) is 0 Å². The molecule has 0 aromatic carbocycles. The van der Waals surface area contributed by atoms with Crippen molar-refractivity contribution in [2.45, 2.75) is 148 Å². The van der Waals surface area contributed by atoms with Crippen LogP contribution in [0.25, 0.3) is 0 Å². The molecule has 0 fully saturated rings. The fourth-order valence-electron chi connectivity index (χ4n) is 5.21. The van der Waals surface area contributed by atoms with E-state index in [1.54, 1.807) is 6.92 Å². The van der Waals surface area contributed by atoms with E-state index in [9.17, 15) is 27.6 Å². The maximum Gasteiger partial charge on any atom is 0.303 e. The number of sulfone groups is 1. The van der Waals surface area contributed by atoms with Gasteiger partial charge in [-0.2, -0.15) is 5.21 Å². The van der Waals surface area contributed by atoms with E-state index in [-0.39, 0.29) is 54.8 Å². The van der Waals surface area contributed by atoms with E-state index in [0.29, 0.717) is 25.8 Å². The fraction of sp³-hybridized carbons (Fsp3) is 0.844. The van der Waals surface area contributed by atoms with Crippen LogP contribution in [0.5, 0.6) is 0 Å². The van der Waals surface area contributed by atoms with Crippen molar-refractivity contribution in [3.05, 3.63) is 5.82 Å². The lowest BCUT2D eigenvalue weighted by atomic mass is 9.96. The number of aliphatic carboxylic acids is 1. The number of tetrazole rings is 1. The zero-order chi connectivity index (χ0) is 33.2. The van der Waals surface area contributed by atoms with Gasteiger partial charge in [0.2, 0.25) is 5.91 Å². The molecular weight excluding hydrogens is 598 g/mol. The SMILES string of the molecule is C[C@H](CCCCNC(=O)CCCS(=O)(=O)CC(=O)CCCCCCCCCCCCCCCc1nn[nH]n1)C(=O)CCC(=O)O. The fourth-order valence-corrected chi connectivity index (χ4v) is 6.57. The number of hydrogen-bond acceptors (Lipinski definition) is 9. The number of aryl methyl sites for hydroxylation is 1. The molecule has 0 aliphatic heterocycles. The van der Waals surface area contributed by atoms with Crippen LogP contribution in [0.1, 0.15) is 148 Å². The molecule has 0 aliphatic carbocycles. The minimum Gasteiger partial charge on any atom is -0.481 e. The number of carbonyl (C=O) groups excluding carboxylic acids is 3. The summed E-state index contributed by atoms with van der Waals surface area (Å²) in [6, 6.07) is 0. The molecule has 1 aromatic heterocycles. The highest BCUT2D eigenvalue weighted by atomic mass is 32.2. The Morgan fingerprint density at radius 1 is 0.756 bits per heavy atom. The van der Waals surface area contributed by atoms with Crippen molar-refractivity contribution in [2.24, 2.45) is 5.92 Å². The molecule has 1 heterocycles. The van der Waals surface area contributed by atoms with Crippen LogP contribution in [0, 0.1) is 5.92 Å². The molecule has 0 bridgehead atoms. The van der Waals surface area contributed by atoms with Crippen molar-refractivity contribution < 1.29 is 32.7 Å². The van der Waals surface area contributed by atoms with Crippen LogP contribution in [-0.2, 0) is 35.4 Å². The van der Waals surface area contributed by atoms with Gasteiger partial charge in [0.1, 0.15) is 17.3 Å². The predicted molar refractivity (Wildman–Crippen MR) is 173 cm³/mol. The molecule has 45 heavy (non-hydrogen) atoms. The van der Waals surface area contributed by atoms with Crippen LogP contribution in [0.2, 0.25) is 0 Å². The van der Waals surface area contributed by atoms with E-state index in [2.05, 4.69) is 25.9 Å². The van der Waals surface area contributed by atoms with Gasteiger partial charge < -0.3 is 10.4 Å². The Hall–Kier alpha value is -2.70. The largest absolute Gasteiger partial charge is 0.481 e. The summed E-state index contributed by atoms with van der Waals surface area (Å²) >= 11 is 0. The van der Waals surface area contributed by atoms with Crippen molar-refractivity contribution in [3.8, 4) is 0 Å². The lowest BCUT2D eigenvalue weighted by Gasteiger charge is -2.10. The summed E-state index contributed by atoms with van der Waals surface area (Å²) in [6.45, 7) is 2.22. The molecule has 0 unspecified atom stereocenters. The van der Waals surface area contributed by atoms with E-state index in [4.69, 9.17) is 5.11 Å². The highest BCUT2D eigenvalue weighted by molar-refractivity contribution is 7.92. The van der Waals surface area contributed by atoms with Crippen LogP contribution in [0.4, 0.5) is 0 Å². The summed E-state index contributed by atoms with van der Waals surface area (Å²) in [5.41, 5.74) is 0. The average Bonchev–Trinajstić information content (AvgIpc) is 3.50. The third-order valence-corrected chi connectivity index (χ3v) is 9.68. The van der Waals surface area contributed by atoms with Gasteiger partial charge in [-0.3, -0.25) is 19.2 Å². The first-order chi connectivity index (χ1) is 21.6. The summed E-state index contributed by atoms with van der Waals surface area (Å²) < 4.78 is 24.6. The number of ketones is 2. The number of carboxylic acid groups (broad SMARTS) is 1. The summed E-state index contributed by atoms with van der Waals surface area (Å²) in [4.78, 5) is 46.6. The van der Waals surface area contributed by atoms with Crippen LogP contribution in [0.3, 0.4) is 0 Å². The molecule has 0 spiro atoms. The molecule has 0 saturated carbocycles. The molecule has 0 aliphatic rings. The molecule has 0 radical (unpaired) electrons. The summed E-state index contributed by atoms with van der Waals surface area (Å²) in [5, 5.41) is 25.4. The molecule has 258 valence electrons. The Morgan fingerprint density at radius 2 is 1.36 bits per heavy atom. The Balaban J connectivity index is 1.91. The first-order valence-corrected chi connectivity index (χ1v) is 18.9. The van der Waals surface area contributed by atoms with Gasteiger partial charge in [0.15, 0.2) is 15.7 Å². The number of nitrogens with one attached hydrogen (secondary N) is 2. The van der Waals surface area contributed by atoms with Crippen molar-refractivity contribution >= 4 is 33.3 Å². The quantitative estimate of drug-likeness (QED) is 0.0882. The summed E-state index contributed by atoms with van der Waals surface area (Å²) in [6.07, 6.45) is 18.4. The standard InChI is InChI=1S/C32H57N5O7S/c1-27(29(39)22-23-32(41)42)18-15-16-24-33-31(40)21-17-25-45(43,44)26-28(38)19-13-11-9-7-5-3-2-4-6-8-10-12-14-20-30-34-36-37-35-30/h27H,2-26H2,1H3,(H,33,40)(H,41,42)(H,34,35,36,37)/t27-/m1/s1. The topological polar surface area (TPSA) is 189 Å². The number of H-pyrrole nitrogens is 1. The summed E-state index contributed by atoms with van der Waals surface area (Å²) in [5.74, 6) is -1.56. The third-order valence-electron chi connectivity index (χ3n) is 8.01. The molecule has 0 saturated heterocycles. The van der Waals surface area contributed by atoms with Crippen molar-refractivity contribution in [1.82, 2.24) is 25.9 Å². The van der Waals surface area contributed by atoms with Gasteiger partial charge >= 0.3 is 5.97 Å². The van der Waals surface area contributed by atoms with Crippen molar-refractivity contribution in [3.63, 3.8) is 0 Å². The third kappa shape index (κ3) is 24.2. The zero-order valence-corrected chi connectivity index (χ0v) is 28.2. The second kappa shape index (κ2) is 25.5. The molecule has 12 nitrogen and oxygen atoms in total. The molecule has 13 heteroatoms. The molecule has 1 aromatic rings. The highest BCUT2D eigenvalue weighted by Gasteiger charge is 2.17. The van der Waals surface area contributed by atoms with Crippen LogP contribution in [-0.4, -0.2) is 75.6 Å². The average molecular weight is 656 g/mol. The molecule has 1 atom stereocenters. The lowest BCUT2D eigenvalue weighted by molar-refractivity contribution is -0.139. The molecule has 3 N–H and O–H groups in total. The maximum atomic E-state index is 12.3. The number of carbonyl (C=O) groups is 4. The second-order valence-electron chi connectivity index (χ2n) is 12.3. The van der Waals surface area contributed by atoms with E-state index in [1.807, 2.05) is 0 Å². The number of hydrogen-bond donors (Lipinski definition) is 3. The molecule has 1 amide bonds. The smallest absolute Gasteiger partial charge is 0.303 e. The van der Waals surface area contributed by atoms with E-state index >= 15 is 0 Å². The second-order valence-corrected chi connectivity index (χ2v) is 14.4. The predicted octanol–water partition coefficient (Wildman–Crippen LogP) is 5.32. The Labute approximate surface area is 269 Å². The number of carboxylic acids is 1. The van der Waals surface area contributed by atoms with Crippen LogP contribution >= 0.6 is 0 Å². The minimum absolute atomic E-state index is 0.0380. The lowest BCUT2D eigenvalue weighted by Crippen LogP contribution is -2.25. The van der Waals surface area contributed by atoms with Gasteiger partial charge in [-0.1, -0.05) is 89.2 Å². The minimum atomic E-state index is -3.52. The first-order valence-electron chi connectivity index (χ1n) is 17.0. The number of aromatic amines is 1. The number of aromatic nitrogens is 4. The Kier molecular flexibility index (Phi) is 22.8. The highest BCUT2D eigenvalue weighted by Crippen LogP contribution is 2.14. The first kappa shape index (κ1) is 40.3. The normalized spacial score (nSPS) is 12.2. The van der Waals surface area contributed by atoms with Gasteiger partial charge in [-0.05, 0) is 32.1 Å². The van der Waals surface area contributed by atoms with E-state index in [0.717, 1.165) is 50.8 Å². The van der Waals surface area contributed by atoms with Gasteiger partial charge in [0.05, 0.1) is 12.2 Å². The van der Waals surface area contributed by atoms with Crippen molar-refractivity contribution in [2.75, 3.05) is 18.1 Å². The Bertz CT molecular complexity index is 1060. The van der Waals surface area contributed by atoms with E-state index < -0.39 is 21.6 Å². The molecular formula is C32H57N5O7S. The van der Waals surface area contributed by atoms with Gasteiger partial charge in [-0.15, -0.1) is 10.2 Å². The van der Waals surface area contributed by atoms with Gasteiger partial charge in [-0.25, -0.2) is 8.42 Å². The number of unbranched alkanes of at least 4 members (excludes halogenated alkanes) is 13. The van der Waals surface area contributed by atoms with E-state index in [1.165, 1.54) is 51.4 Å². The number of rotatable bonds is 31. The van der Waals surface area contributed by atoms with Gasteiger partial charge in [0.25, 0.3) is 0 Å². The van der Waals surface area contributed by atoms with Gasteiger partial charge in [0, 0.05) is 38.1 Å². The number of amides is 1. The van der Waals surface area contributed by atoms with Crippen LogP contribution < -0.4 is 5.32 Å². The Morgan fingerprint density at radius 3 is 1.93 bits per heavy atom. The zero-order valence-electron chi connectivity index (χ0n) is 27.4. The number of nitrogens with zero attached hydrogens (tertiary/aromatic N) is 3. The molecule has 1 rings (SSSR count). The van der Waals surface area contributed by atoms with Crippen molar-refractivity contribution in [1.29, 1.82) is 0 Å². The maximum absolute atomic E-state index is 12.3. The summed E-state index contributed by atoms with van der Waals surface area (Å²) in [7, 11) is -3.52. The number of Topliss-reactive ketones (excluding diaryl/α,β-unsaturated/α-hetero) is 2.